The van der Waals surface area contributed by atoms with Gasteiger partial charge in [-0.25, -0.2) is 0 Å². The van der Waals surface area contributed by atoms with E-state index in [0.717, 1.165) is 11.1 Å². The van der Waals surface area contributed by atoms with E-state index in [-0.39, 0.29) is 18.5 Å². The molecule has 4 rings (SSSR count). The molecule has 5 heteroatoms. The maximum absolute atomic E-state index is 12.6. The van der Waals surface area contributed by atoms with Crippen LogP contribution in [-0.4, -0.2) is 25.7 Å². The van der Waals surface area contributed by atoms with Crippen LogP contribution in [0.4, 0.5) is 5.69 Å². The lowest BCUT2D eigenvalue weighted by Gasteiger charge is -2.21. The summed E-state index contributed by atoms with van der Waals surface area (Å²) in [4.78, 5) is 12.6. The van der Waals surface area contributed by atoms with Gasteiger partial charge < -0.3 is 14.8 Å². The van der Waals surface area contributed by atoms with Crippen LogP contribution in [-0.2, 0) is 4.79 Å². The van der Waals surface area contributed by atoms with Crippen LogP contribution in [0.1, 0.15) is 22.7 Å². The number of nitrogens with one attached hydrogen (secondary N) is 2. The zero-order valence-corrected chi connectivity index (χ0v) is 16.4. The number of amides is 1. The normalized spacial score (nSPS) is 13.6. The van der Waals surface area contributed by atoms with Gasteiger partial charge in [0.05, 0.1) is 12.6 Å². The molecule has 0 spiro atoms. The van der Waals surface area contributed by atoms with E-state index >= 15 is 0 Å². The third kappa shape index (κ3) is 4.76. The number of anilines is 1. The molecule has 0 radical (unpaired) electrons. The highest BCUT2D eigenvalue weighted by Gasteiger charge is 2.16. The second-order valence-corrected chi connectivity index (χ2v) is 7.04. The fraction of sp³-hybridized carbons (Fsp3) is 0.208. The molecule has 0 bridgehead atoms. The van der Waals surface area contributed by atoms with Crippen LogP contribution >= 0.6 is 0 Å². The Balaban J connectivity index is 1.44. The summed E-state index contributed by atoms with van der Waals surface area (Å²) in [6, 6.07) is 23.9. The second-order valence-electron chi connectivity index (χ2n) is 7.04. The molecule has 1 aliphatic rings. The van der Waals surface area contributed by atoms with Gasteiger partial charge in [0, 0.05) is 11.8 Å². The Morgan fingerprint density at radius 3 is 2.34 bits per heavy atom. The first kappa shape index (κ1) is 19.0. The molecule has 29 heavy (non-hydrogen) atoms. The van der Waals surface area contributed by atoms with Gasteiger partial charge in [-0.1, -0.05) is 60.2 Å². The molecule has 148 valence electrons. The molecule has 2 N–H and O–H groups in total. The largest absolute Gasteiger partial charge is 0.486 e. The summed E-state index contributed by atoms with van der Waals surface area (Å²) in [6.45, 7) is 3.31. The highest BCUT2D eigenvalue weighted by Crippen LogP contribution is 2.32. The minimum atomic E-state index is -0.116. The molecule has 1 atom stereocenters. The van der Waals surface area contributed by atoms with E-state index in [1.807, 2.05) is 30.3 Å². The molecule has 0 aliphatic carbocycles. The molecule has 1 heterocycles. The number of fused-ring (bicyclic) bond motifs is 1. The lowest BCUT2D eigenvalue weighted by Crippen LogP contribution is -2.32. The van der Waals surface area contributed by atoms with E-state index in [4.69, 9.17) is 9.47 Å². The molecule has 0 fully saturated rings. The smallest absolute Gasteiger partial charge is 0.238 e. The summed E-state index contributed by atoms with van der Waals surface area (Å²) < 4.78 is 11.1. The molecular weight excluding hydrogens is 364 g/mol. The lowest BCUT2D eigenvalue weighted by atomic mass is 9.98. The number of carbonyl (C=O) groups is 1. The first-order valence-corrected chi connectivity index (χ1v) is 9.73. The fourth-order valence-corrected chi connectivity index (χ4v) is 3.35. The maximum Gasteiger partial charge on any atom is 0.238 e. The van der Waals surface area contributed by atoms with Gasteiger partial charge in [0.2, 0.25) is 5.91 Å². The number of ether oxygens (including phenoxy) is 2. The molecule has 3 aromatic rings. The fourth-order valence-electron chi connectivity index (χ4n) is 3.35. The van der Waals surface area contributed by atoms with Gasteiger partial charge in [-0.05, 0) is 30.2 Å². The number of rotatable bonds is 6. The van der Waals surface area contributed by atoms with Crippen LogP contribution in [0.25, 0.3) is 0 Å². The van der Waals surface area contributed by atoms with Crippen molar-refractivity contribution in [2.24, 2.45) is 0 Å². The standard InChI is InChI=1S/C24H24N2O3/c1-17-7-9-19(10-8-17)24(18-5-3-2-4-6-18)25-16-23(27)26-20-11-12-21-22(15-20)29-14-13-28-21/h2-12,15,24-25H,13-14,16H2,1H3,(H,26,27)/t24-/m1/s1. The Hall–Kier alpha value is -3.31. The molecule has 3 aromatic carbocycles. The van der Waals surface area contributed by atoms with Gasteiger partial charge in [0.1, 0.15) is 13.2 Å². The first-order chi connectivity index (χ1) is 14.2. The molecule has 0 unspecified atom stereocenters. The summed E-state index contributed by atoms with van der Waals surface area (Å²) in [5, 5.41) is 6.31. The van der Waals surface area contributed by atoms with Crippen molar-refractivity contribution in [3.05, 3.63) is 89.5 Å². The minimum absolute atomic E-state index is 0.0668. The van der Waals surface area contributed by atoms with Gasteiger partial charge in [0.25, 0.3) is 0 Å². The van der Waals surface area contributed by atoms with Crippen molar-refractivity contribution in [2.75, 3.05) is 25.1 Å². The predicted molar refractivity (Wildman–Crippen MR) is 114 cm³/mol. The highest BCUT2D eigenvalue weighted by molar-refractivity contribution is 5.92. The van der Waals surface area contributed by atoms with Crippen LogP contribution < -0.4 is 20.1 Å². The number of aryl methyl sites for hydroxylation is 1. The number of hydrogen-bond donors (Lipinski definition) is 2. The Morgan fingerprint density at radius 2 is 1.59 bits per heavy atom. The maximum atomic E-state index is 12.6. The average molecular weight is 388 g/mol. The van der Waals surface area contributed by atoms with E-state index < -0.39 is 0 Å². The topological polar surface area (TPSA) is 59.6 Å². The van der Waals surface area contributed by atoms with E-state index in [1.54, 1.807) is 6.07 Å². The van der Waals surface area contributed by atoms with Gasteiger partial charge in [-0.3, -0.25) is 10.1 Å². The van der Waals surface area contributed by atoms with Crippen molar-refractivity contribution in [3.8, 4) is 11.5 Å². The minimum Gasteiger partial charge on any atom is -0.486 e. The van der Waals surface area contributed by atoms with Gasteiger partial charge in [-0.2, -0.15) is 0 Å². The van der Waals surface area contributed by atoms with Crippen LogP contribution in [0.2, 0.25) is 0 Å². The Bertz CT molecular complexity index is 971. The summed E-state index contributed by atoms with van der Waals surface area (Å²) in [5.74, 6) is 1.24. The zero-order chi connectivity index (χ0) is 20.1. The molecule has 1 amide bonds. The van der Waals surface area contributed by atoms with E-state index in [0.29, 0.717) is 30.4 Å². The second kappa shape index (κ2) is 8.80. The summed E-state index contributed by atoms with van der Waals surface area (Å²) in [5.41, 5.74) is 4.13. The lowest BCUT2D eigenvalue weighted by molar-refractivity contribution is -0.115. The van der Waals surface area contributed by atoms with Crippen molar-refractivity contribution in [1.29, 1.82) is 0 Å². The van der Waals surface area contributed by atoms with Gasteiger partial charge >= 0.3 is 0 Å². The Kier molecular flexibility index (Phi) is 5.77. The average Bonchev–Trinajstić information content (AvgIpc) is 2.76. The van der Waals surface area contributed by atoms with Crippen LogP contribution in [0.3, 0.4) is 0 Å². The third-order valence-electron chi connectivity index (χ3n) is 4.84. The van der Waals surface area contributed by atoms with Crippen molar-refractivity contribution < 1.29 is 14.3 Å². The number of carbonyl (C=O) groups excluding carboxylic acids is 1. The zero-order valence-electron chi connectivity index (χ0n) is 16.4. The van der Waals surface area contributed by atoms with Gasteiger partial charge in [-0.15, -0.1) is 0 Å². The van der Waals surface area contributed by atoms with E-state index in [2.05, 4.69) is 54.0 Å². The van der Waals surface area contributed by atoms with Crippen molar-refractivity contribution >= 4 is 11.6 Å². The van der Waals surface area contributed by atoms with E-state index in [1.165, 1.54) is 5.56 Å². The first-order valence-electron chi connectivity index (χ1n) is 9.73. The number of benzene rings is 3. The van der Waals surface area contributed by atoms with Gasteiger partial charge in [0.15, 0.2) is 11.5 Å². The summed E-state index contributed by atoms with van der Waals surface area (Å²) >= 11 is 0. The monoisotopic (exact) mass is 388 g/mol. The number of hydrogen-bond acceptors (Lipinski definition) is 4. The van der Waals surface area contributed by atoms with E-state index in [9.17, 15) is 4.79 Å². The molecule has 1 aliphatic heterocycles. The Morgan fingerprint density at radius 1 is 0.897 bits per heavy atom. The highest BCUT2D eigenvalue weighted by atomic mass is 16.6. The van der Waals surface area contributed by atoms with Crippen molar-refractivity contribution in [1.82, 2.24) is 5.32 Å². The van der Waals surface area contributed by atoms with Crippen LogP contribution in [0, 0.1) is 6.92 Å². The molecule has 0 aromatic heterocycles. The SMILES string of the molecule is Cc1ccc([C@H](NCC(=O)Nc2ccc3c(c2)OCCO3)c2ccccc2)cc1. The molecule has 5 nitrogen and oxygen atoms in total. The molecule has 0 saturated carbocycles. The van der Waals surface area contributed by atoms with Crippen molar-refractivity contribution in [3.63, 3.8) is 0 Å². The van der Waals surface area contributed by atoms with Crippen molar-refractivity contribution in [2.45, 2.75) is 13.0 Å². The van der Waals surface area contributed by atoms with Crippen LogP contribution in [0.15, 0.2) is 72.8 Å². The predicted octanol–water partition coefficient (Wildman–Crippen LogP) is 4.08. The molecular formula is C24H24N2O3. The summed E-state index contributed by atoms with van der Waals surface area (Å²) in [6.07, 6.45) is 0. The molecule has 0 saturated heterocycles. The van der Waals surface area contributed by atoms with Crippen LogP contribution in [0.5, 0.6) is 11.5 Å². The quantitative estimate of drug-likeness (QED) is 0.668. The summed E-state index contributed by atoms with van der Waals surface area (Å²) in [7, 11) is 0. The Labute approximate surface area is 170 Å². The third-order valence-corrected chi connectivity index (χ3v) is 4.84.